The Morgan fingerprint density at radius 3 is 2.12 bits per heavy atom. The summed E-state index contributed by atoms with van der Waals surface area (Å²) in [6, 6.07) is 14.7. The van der Waals surface area contributed by atoms with E-state index >= 15 is 4.79 Å². The molecule has 56 heavy (non-hydrogen) atoms. The molecule has 300 valence electrons. The molecule has 11 unspecified atom stereocenters. The topological polar surface area (TPSA) is 108 Å². The lowest BCUT2D eigenvalue weighted by Crippen LogP contribution is -2.67. The summed E-state index contributed by atoms with van der Waals surface area (Å²) in [4.78, 5) is 31.5. The molecule has 9 aliphatic rings. The van der Waals surface area contributed by atoms with Crippen LogP contribution in [0.2, 0.25) is 0 Å². The fourth-order valence-electron chi connectivity index (χ4n) is 14.4. The zero-order valence-corrected chi connectivity index (χ0v) is 34.3. The van der Waals surface area contributed by atoms with E-state index in [9.17, 15) is 15.0 Å². The molecule has 8 heteroatoms. The largest absolute Gasteiger partial charge is 0.497 e. The molecule has 4 bridgehead atoms. The Labute approximate surface area is 333 Å². The molecule has 0 radical (unpaired) electrons. The zero-order chi connectivity index (χ0) is 39.5. The summed E-state index contributed by atoms with van der Waals surface area (Å²) < 4.78 is 10.8. The number of ketones is 1. The summed E-state index contributed by atoms with van der Waals surface area (Å²) in [7, 11) is 3.27. The van der Waals surface area contributed by atoms with Crippen LogP contribution in [0.25, 0.3) is 0 Å². The number of amides is 2. The van der Waals surface area contributed by atoms with Crippen LogP contribution >= 0.6 is 0 Å². The first kappa shape index (κ1) is 37.9. The molecule has 6 fully saturated rings. The number of urea groups is 1. The minimum absolute atomic E-state index is 0.00192. The van der Waals surface area contributed by atoms with Crippen LogP contribution in [0.4, 0.5) is 10.5 Å². The van der Waals surface area contributed by atoms with Gasteiger partial charge in [0.25, 0.3) is 0 Å². The molecule has 8 nitrogen and oxygen atoms in total. The third-order valence-electron chi connectivity index (χ3n) is 17.8. The fourth-order valence-corrected chi connectivity index (χ4v) is 14.4. The number of hydrogen-bond donors (Lipinski definition) is 3. The molecule has 11 atom stereocenters. The monoisotopic (exact) mass is 762 g/mol. The highest BCUT2D eigenvalue weighted by molar-refractivity contribution is 6.10. The van der Waals surface area contributed by atoms with Crippen LogP contribution in [0.1, 0.15) is 102 Å². The van der Waals surface area contributed by atoms with Crippen LogP contribution in [-0.4, -0.2) is 65.9 Å². The van der Waals surface area contributed by atoms with Crippen molar-refractivity contribution in [2.45, 2.75) is 104 Å². The summed E-state index contributed by atoms with van der Waals surface area (Å²) in [5, 5.41) is 27.6. The molecule has 2 aromatic rings. The Kier molecular flexibility index (Phi) is 8.77. The van der Waals surface area contributed by atoms with Crippen molar-refractivity contribution in [3.8, 4) is 11.5 Å². The number of anilines is 1. The van der Waals surface area contributed by atoms with Gasteiger partial charge in [-0.15, -0.1) is 0 Å². The average Bonchev–Trinajstić information content (AvgIpc) is 3.47. The molecule has 3 N–H and O–H groups in total. The fraction of sp³-hybridized carbons (Fsp3) is 0.625. The maximum absolute atomic E-state index is 15.0. The second kappa shape index (κ2) is 12.9. The second-order valence-corrected chi connectivity index (χ2v) is 20.1. The number of methoxy groups -OCH3 is 2. The van der Waals surface area contributed by atoms with Gasteiger partial charge in [-0.3, -0.25) is 4.79 Å². The van der Waals surface area contributed by atoms with Crippen molar-refractivity contribution in [1.29, 1.82) is 0 Å². The number of hydrogen-bond acceptors (Lipinski definition) is 6. The number of aliphatic hydroxyl groups is 2. The van der Waals surface area contributed by atoms with E-state index in [1.807, 2.05) is 53.4 Å². The van der Waals surface area contributed by atoms with E-state index in [1.165, 1.54) is 12.8 Å². The van der Waals surface area contributed by atoms with Gasteiger partial charge in [0.15, 0.2) is 5.78 Å². The van der Waals surface area contributed by atoms with E-state index < -0.39 is 27.9 Å². The van der Waals surface area contributed by atoms with Gasteiger partial charge in [0.2, 0.25) is 0 Å². The van der Waals surface area contributed by atoms with Crippen LogP contribution in [0.3, 0.4) is 0 Å². The molecule has 9 aliphatic carbocycles. The normalized spacial score (nSPS) is 41.0. The molecule has 6 saturated carbocycles. The number of nitrogens with one attached hydrogen (secondary N) is 1. The van der Waals surface area contributed by atoms with E-state index in [2.05, 4.69) is 51.2 Å². The van der Waals surface area contributed by atoms with Gasteiger partial charge >= 0.3 is 6.03 Å². The van der Waals surface area contributed by atoms with Gasteiger partial charge in [0.1, 0.15) is 11.5 Å². The van der Waals surface area contributed by atoms with Gasteiger partial charge in [0.05, 0.1) is 32.5 Å². The quantitative estimate of drug-likeness (QED) is 0.174. The van der Waals surface area contributed by atoms with Crippen LogP contribution in [-0.2, 0) is 0 Å². The van der Waals surface area contributed by atoms with E-state index in [0.29, 0.717) is 48.2 Å². The van der Waals surface area contributed by atoms with Gasteiger partial charge in [-0.25, -0.2) is 4.79 Å². The molecule has 2 amide bonds. The van der Waals surface area contributed by atoms with E-state index in [0.717, 1.165) is 55.8 Å². The first-order valence-electron chi connectivity index (χ1n) is 21.4. The highest BCUT2D eigenvalue weighted by atomic mass is 16.5. The SMILES string of the molecule is COc1ccc(NC(=O)N(CC2CCC3CC2C3(C)C)CC2(O)CCC3C45C=CC6(C=C4C(=O)c4ccc(OC)cc4)CC(O)CCC6(C)C5CCC32C)cc1. The number of fused-ring (bicyclic) bond motifs is 3. The third kappa shape index (κ3) is 5.22. The highest BCUT2D eigenvalue weighted by Gasteiger charge is 2.74. The predicted molar refractivity (Wildman–Crippen MR) is 218 cm³/mol. The van der Waals surface area contributed by atoms with Crippen molar-refractivity contribution in [3.63, 3.8) is 0 Å². The van der Waals surface area contributed by atoms with Crippen molar-refractivity contribution >= 4 is 17.5 Å². The van der Waals surface area contributed by atoms with Crippen molar-refractivity contribution in [2.75, 3.05) is 32.6 Å². The summed E-state index contributed by atoms with van der Waals surface area (Å²) in [5.74, 6) is 3.36. The summed E-state index contributed by atoms with van der Waals surface area (Å²) in [6.07, 6.45) is 15.4. The molecule has 2 aromatic carbocycles. The lowest BCUT2D eigenvalue weighted by Gasteiger charge is -2.71. The van der Waals surface area contributed by atoms with Crippen molar-refractivity contribution in [2.24, 2.45) is 56.7 Å². The van der Waals surface area contributed by atoms with E-state index in [4.69, 9.17) is 9.47 Å². The van der Waals surface area contributed by atoms with Gasteiger partial charge < -0.3 is 29.9 Å². The number of nitrogens with zero attached hydrogens (tertiary/aromatic N) is 1. The Bertz CT molecular complexity index is 1950. The maximum Gasteiger partial charge on any atom is 0.321 e. The number of benzene rings is 2. The van der Waals surface area contributed by atoms with Crippen molar-refractivity contribution < 1.29 is 29.3 Å². The molecule has 11 rings (SSSR count). The first-order chi connectivity index (χ1) is 26.6. The second-order valence-electron chi connectivity index (χ2n) is 20.1. The minimum Gasteiger partial charge on any atom is -0.497 e. The molecule has 2 spiro atoms. The number of allylic oxidation sites excluding steroid dienone is 4. The number of rotatable bonds is 9. The smallest absolute Gasteiger partial charge is 0.321 e. The molecule has 0 heterocycles. The van der Waals surface area contributed by atoms with Crippen molar-refractivity contribution in [3.05, 3.63) is 77.9 Å². The van der Waals surface area contributed by atoms with Crippen LogP contribution in [0.5, 0.6) is 11.5 Å². The predicted octanol–water partition coefficient (Wildman–Crippen LogP) is 9.08. The Balaban J connectivity index is 1.08. The molecule has 0 aromatic heterocycles. The lowest BCUT2D eigenvalue weighted by molar-refractivity contribution is -0.176. The number of Topliss-reactive ketones (excluding diaryl/α,β-unsaturated/α-hetero) is 1. The Morgan fingerprint density at radius 1 is 0.821 bits per heavy atom. The van der Waals surface area contributed by atoms with Gasteiger partial charge in [-0.05, 0) is 153 Å². The van der Waals surface area contributed by atoms with Gasteiger partial charge in [0, 0.05) is 39.6 Å². The lowest BCUT2D eigenvalue weighted by atomic mass is 9.32. The zero-order valence-electron chi connectivity index (χ0n) is 34.3. The average molecular weight is 763 g/mol. The number of carbonyl (C=O) groups excluding carboxylic acids is 2. The minimum atomic E-state index is -1.15. The molecular formula is C48H62N2O6. The molecule has 0 saturated heterocycles. The highest BCUT2D eigenvalue weighted by Crippen LogP contribution is 2.78. The number of aliphatic hydroxyl groups excluding tert-OH is 1. The standard InChI is InChI=1S/C48H62N2O6/c1-43(2)32-10-7-31(37(43)25-32)28-50(42(53)49-33-11-15-36(56-6)16-12-33)29-47(54)22-19-40-45(47,4)21-18-39-44(3)20-17-34(51)26-46(44)23-24-48(39,40)38(27-46)41(52)30-8-13-35(55-5)14-9-30/h8-9,11-16,23-24,27,31-32,34,37,39-40,51,54H,7,10,17-22,25-26,28-29H2,1-6H3,(H,49,53). The van der Waals surface area contributed by atoms with Gasteiger partial charge in [-0.1, -0.05) is 45.9 Å². The van der Waals surface area contributed by atoms with Crippen molar-refractivity contribution in [1.82, 2.24) is 4.90 Å². The van der Waals surface area contributed by atoms with Crippen LogP contribution < -0.4 is 14.8 Å². The van der Waals surface area contributed by atoms with E-state index in [-0.39, 0.29) is 41.0 Å². The number of carbonyl (C=O) groups is 2. The molecular weight excluding hydrogens is 701 g/mol. The summed E-state index contributed by atoms with van der Waals surface area (Å²) >= 11 is 0. The first-order valence-corrected chi connectivity index (χ1v) is 21.4. The van der Waals surface area contributed by atoms with Crippen LogP contribution in [0.15, 0.2) is 72.3 Å². The third-order valence-corrected chi connectivity index (χ3v) is 17.8. The summed E-state index contributed by atoms with van der Waals surface area (Å²) in [5.41, 5.74) is -0.360. The Morgan fingerprint density at radius 2 is 1.46 bits per heavy atom. The maximum atomic E-state index is 15.0. The molecule has 0 aliphatic heterocycles. The van der Waals surface area contributed by atoms with E-state index in [1.54, 1.807) is 14.2 Å². The summed E-state index contributed by atoms with van der Waals surface area (Å²) in [6.45, 7) is 10.3. The van der Waals surface area contributed by atoms with Gasteiger partial charge in [-0.2, -0.15) is 0 Å². The van der Waals surface area contributed by atoms with Crippen LogP contribution in [0, 0.1) is 56.7 Å². The Hall–Kier alpha value is -3.62. The number of ether oxygens (including phenoxy) is 2.